The maximum absolute atomic E-state index is 11.1. The van der Waals surface area contributed by atoms with Crippen LogP contribution >= 0.6 is 11.6 Å². The van der Waals surface area contributed by atoms with E-state index >= 15 is 0 Å². The highest BCUT2D eigenvalue weighted by Crippen LogP contribution is 2.54. The summed E-state index contributed by atoms with van der Waals surface area (Å²) in [4.78, 5) is 15.9. The standard InChI is InChI=1S/C23H26ClNO2/c1-5-11-23(12-6-2)21-13-17(15(3)25-27-16(4)26)7-9-19(21)20-10-8-18(24)14-22(20)23/h7-10,13-14H,5-6,11-12H2,1-4H3. The minimum absolute atomic E-state index is 0.0310. The number of oxime groups is 1. The van der Waals surface area contributed by atoms with Gasteiger partial charge in [0.2, 0.25) is 0 Å². The van der Waals surface area contributed by atoms with Gasteiger partial charge in [-0.05, 0) is 65.8 Å². The quantitative estimate of drug-likeness (QED) is 0.324. The molecule has 142 valence electrons. The van der Waals surface area contributed by atoms with Gasteiger partial charge in [-0.25, -0.2) is 4.79 Å². The molecule has 0 unspecified atom stereocenters. The van der Waals surface area contributed by atoms with Gasteiger partial charge in [0.25, 0.3) is 0 Å². The lowest BCUT2D eigenvalue weighted by atomic mass is 9.71. The largest absolute Gasteiger partial charge is 0.331 e. The molecule has 0 atom stereocenters. The minimum atomic E-state index is -0.413. The summed E-state index contributed by atoms with van der Waals surface area (Å²) in [5, 5.41) is 4.75. The number of hydrogen-bond acceptors (Lipinski definition) is 3. The Morgan fingerprint density at radius 3 is 2.19 bits per heavy atom. The number of carbonyl (C=O) groups excluding carboxylic acids is 1. The summed E-state index contributed by atoms with van der Waals surface area (Å²) in [7, 11) is 0. The molecular formula is C23H26ClNO2. The number of nitrogens with zero attached hydrogens (tertiary/aromatic N) is 1. The molecule has 1 aliphatic carbocycles. The highest BCUT2D eigenvalue weighted by Gasteiger charge is 2.42. The van der Waals surface area contributed by atoms with Crippen LogP contribution in [0.15, 0.2) is 41.6 Å². The average Bonchev–Trinajstić information content (AvgIpc) is 2.89. The molecule has 2 aromatic rings. The first-order valence-electron chi connectivity index (χ1n) is 9.60. The van der Waals surface area contributed by atoms with Crippen LogP contribution in [0.5, 0.6) is 0 Å². The molecular weight excluding hydrogens is 358 g/mol. The van der Waals surface area contributed by atoms with E-state index in [2.05, 4.69) is 43.3 Å². The molecule has 4 heteroatoms. The van der Waals surface area contributed by atoms with Gasteiger partial charge in [-0.1, -0.05) is 61.6 Å². The van der Waals surface area contributed by atoms with E-state index in [1.54, 1.807) is 0 Å². The topological polar surface area (TPSA) is 38.7 Å². The SMILES string of the molecule is CCCC1(CCC)c2cc(Cl)ccc2-c2ccc(C(C)=NOC(C)=O)cc21. The third-order valence-electron chi connectivity index (χ3n) is 5.40. The van der Waals surface area contributed by atoms with Crippen molar-refractivity contribution in [2.24, 2.45) is 5.16 Å². The molecule has 0 radical (unpaired) electrons. The summed E-state index contributed by atoms with van der Waals surface area (Å²) in [5.41, 5.74) is 6.86. The van der Waals surface area contributed by atoms with Crippen molar-refractivity contribution in [3.63, 3.8) is 0 Å². The second-order valence-corrected chi connectivity index (χ2v) is 7.73. The zero-order valence-corrected chi connectivity index (χ0v) is 17.2. The third kappa shape index (κ3) is 3.53. The van der Waals surface area contributed by atoms with E-state index in [1.165, 1.54) is 29.2 Å². The Hall–Kier alpha value is -2.13. The van der Waals surface area contributed by atoms with Crippen LogP contribution in [0.25, 0.3) is 11.1 Å². The van der Waals surface area contributed by atoms with E-state index in [9.17, 15) is 4.79 Å². The Morgan fingerprint density at radius 2 is 1.59 bits per heavy atom. The Labute approximate surface area is 166 Å². The predicted molar refractivity (Wildman–Crippen MR) is 111 cm³/mol. The fraction of sp³-hybridized carbons (Fsp3) is 0.391. The van der Waals surface area contributed by atoms with Crippen LogP contribution in [0.3, 0.4) is 0 Å². The van der Waals surface area contributed by atoms with E-state index in [-0.39, 0.29) is 5.41 Å². The molecule has 0 saturated carbocycles. The number of hydrogen-bond donors (Lipinski definition) is 0. The van der Waals surface area contributed by atoms with Crippen molar-refractivity contribution >= 4 is 23.3 Å². The normalized spacial score (nSPS) is 14.6. The van der Waals surface area contributed by atoms with Crippen molar-refractivity contribution in [1.82, 2.24) is 0 Å². The second-order valence-electron chi connectivity index (χ2n) is 7.29. The lowest BCUT2D eigenvalue weighted by Gasteiger charge is -2.32. The first-order chi connectivity index (χ1) is 12.9. The zero-order chi connectivity index (χ0) is 19.6. The summed E-state index contributed by atoms with van der Waals surface area (Å²) in [6, 6.07) is 12.7. The summed E-state index contributed by atoms with van der Waals surface area (Å²) >= 11 is 6.38. The monoisotopic (exact) mass is 383 g/mol. The van der Waals surface area contributed by atoms with Crippen LogP contribution in [0.1, 0.15) is 70.1 Å². The molecule has 1 aliphatic rings. The Bertz CT molecular complexity index is 895. The molecule has 0 amide bonds. The van der Waals surface area contributed by atoms with Gasteiger partial charge in [-0.15, -0.1) is 0 Å². The second kappa shape index (κ2) is 7.85. The highest BCUT2D eigenvalue weighted by atomic mass is 35.5. The van der Waals surface area contributed by atoms with Crippen molar-refractivity contribution < 1.29 is 9.63 Å². The highest BCUT2D eigenvalue weighted by molar-refractivity contribution is 6.30. The smallest absolute Gasteiger partial charge is 0.318 e. The van der Waals surface area contributed by atoms with Gasteiger partial charge in [-0.3, -0.25) is 0 Å². The van der Waals surface area contributed by atoms with Gasteiger partial charge in [0.15, 0.2) is 0 Å². The maximum Gasteiger partial charge on any atom is 0.331 e. The first-order valence-corrected chi connectivity index (χ1v) is 9.98. The Balaban J connectivity index is 2.19. The molecule has 0 N–H and O–H groups in total. The van der Waals surface area contributed by atoms with Crippen LogP contribution in [0, 0.1) is 0 Å². The molecule has 0 spiro atoms. The number of fused-ring (bicyclic) bond motifs is 3. The summed E-state index contributed by atoms with van der Waals surface area (Å²) in [6.45, 7) is 7.69. The number of benzene rings is 2. The Morgan fingerprint density at radius 1 is 1.00 bits per heavy atom. The molecule has 3 rings (SSSR count). The Kier molecular flexibility index (Phi) is 5.71. The lowest BCUT2D eigenvalue weighted by Crippen LogP contribution is -2.25. The van der Waals surface area contributed by atoms with Gasteiger partial charge >= 0.3 is 5.97 Å². The van der Waals surface area contributed by atoms with Gasteiger partial charge in [0.1, 0.15) is 0 Å². The van der Waals surface area contributed by atoms with E-state index < -0.39 is 5.97 Å². The van der Waals surface area contributed by atoms with Crippen molar-refractivity contribution in [2.75, 3.05) is 0 Å². The van der Waals surface area contributed by atoms with Crippen LogP contribution in [-0.4, -0.2) is 11.7 Å². The van der Waals surface area contributed by atoms with Gasteiger partial charge in [-0.2, -0.15) is 0 Å². The van der Waals surface area contributed by atoms with Crippen LogP contribution in [0.2, 0.25) is 5.02 Å². The molecule has 0 aromatic heterocycles. The van der Waals surface area contributed by atoms with Crippen LogP contribution in [0.4, 0.5) is 0 Å². The summed E-state index contributed by atoms with van der Waals surface area (Å²) in [6.07, 6.45) is 4.34. The third-order valence-corrected chi connectivity index (χ3v) is 5.64. The van der Waals surface area contributed by atoms with Crippen molar-refractivity contribution in [1.29, 1.82) is 0 Å². The molecule has 0 aliphatic heterocycles. The van der Waals surface area contributed by atoms with Crippen LogP contribution < -0.4 is 0 Å². The van der Waals surface area contributed by atoms with Gasteiger partial charge in [0.05, 0.1) is 5.71 Å². The summed E-state index contributed by atoms with van der Waals surface area (Å²) < 4.78 is 0. The summed E-state index contributed by atoms with van der Waals surface area (Å²) in [5.74, 6) is -0.413. The van der Waals surface area contributed by atoms with E-state index in [4.69, 9.17) is 16.4 Å². The van der Waals surface area contributed by atoms with Crippen molar-refractivity contribution in [3.8, 4) is 11.1 Å². The first kappa shape index (κ1) is 19.6. The molecule has 3 nitrogen and oxygen atoms in total. The molecule has 0 saturated heterocycles. The van der Waals surface area contributed by atoms with Crippen LogP contribution in [-0.2, 0) is 15.0 Å². The predicted octanol–water partition coefficient (Wildman–Crippen LogP) is 6.49. The maximum atomic E-state index is 11.1. The van der Waals surface area contributed by atoms with E-state index in [0.29, 0.717) is 5.71 Å². The molecule has 0 fully saturated rings. The lowest BCUT2D eigenvalue weighted by molar-refractivity contribution is -0.140. The number of carbonyl (C=O) groups is 1. The molecule has 27 heavy (non-hydrogen) atoms. The van der Waals surface area contributed by atoms with Gasteiger partial charge < -0.3 is 4.84 Å². The van der Waals surface area contributed by atoms with Crippen molar-refractivity contribution in [2.45, 2.75) is 58.8 Å². The fourth-order valence-corrected chi connectivity index (χ4v) is 4.57. The van der Waals surface area contributed by atoms with Crippen molar-refractivity contribution in [3.05, 3.63) is 58.1 Å². The van der Waals surface area contributed by atoms with Gasteiger partial charge in [0, 0.05) is 17.4 Å². The average molecular weight is 384 g/mol. The fourth-order valence-electron chi connectivity index (χ4n) is 4.40. The molecule has 0 bridgehead atoms. The van der Waals surface area contributed by atoms with E-state index in [1.807, 2.05) is 19.1 Å². The zero-order valence-electron chi connectivity index (χ0n) is 16.4. The minimum Gasteiger partial charge on any atom is -0.318 e. The number of halogens is 1. The number of rotatable bonds is 6. The molecule has 2 aromatic carbocycles. The molecule has 0 heterocycles. The van der Waals surface area contributed by atoms with E-state index in [0.717, 1.165) is 36.3 Å².